The fourth-order valence-corrected chi connectivity index (χ4v) is 6.71. The number of fused-ring (bicyclic) bond motifs is 10. The summed E-state index contributed by atoms with van der Waals surface area (Å²) in [5, 5.41) is 8.78. The molecule has 3 heterocycles. The first-order valence-electron chi connectivity index (χ1n) is 11.5. The summed E-state index contributed by atoms with van der Waals surface area (Å²) in [6, 6.07) is 37.3. The van der Waals surface area contributed by atoms with Gasteiger partial charge in [-0.05, 0) is 35.7 Å². The van der Waals surface area contributed by atoms with E-state index < -0.39 is 0 Å². The summed E-state index contributed by atoms with van der Waals surface area (Å²) in [7, 11) is 0. The van der Waals surface area contributed by atoms with Crippen molar-refractivity contribution < 1.29 is 0 Å². The van der Waals surface area contributed by atoms with Crippen molar-refractivity contribution in [3.05, 3.63) is 109 Å². The van der Waals surface area contributed by atoms with Gasteiger partial charge in [0.05, 0.1) is 22.2 Å². The minimum atomic E-state index is 1.05. The number of rotatable bonds is 1. The average Bonchev–Trinajstić information content (AvgIpc) is 3.44. The maximum atomic E-state index is 4.83. The van der Waals surface area contributed by atoms with Crippen molar-refractivity contribution in [2.75, 3.05) is 0 Å². The van der Waals surface area contributed by atoms with Crippen LogP contribution in [-0.4, -0.2) is 9.55 Å². The molecule has 5 aromatic carbocycles. The summed E-state index contributed by atoms with van der Waals surface area (Å²) in [5.41, 5.74) is 4.72. The number of nitrogens with zero attached hydrogens (tertiary/aromatic N) is 2. The number of hydrogen-bond donors (Lipinski definition) is 0. The molecular weight excluding hydrogens is 432 g/mol. The molecule has 0 saturated heterocycles. The van der Waals surface area contributed by atoms with Crippen molar-refractivity contribution in [2.45, 2.75) is 0 Å². The molecule has 158 valence electrons. The van der Waals surface area contributed by atoms with Gasteiger partial charge in [0.1, 0.15) is 0 Å². The fraction of sp³-hybridized carbons (Fsp3) is 0. The summed E-state index contributed by atoms with van der Waals surface area (Å²) in [5.74, 6) is 0. The number of thiophene rings is 1. The Morgan fingerprint density at radius 3 is 2.35 bits per heavy atom. The van der Waals surface area contributed by atoms with E-state index in [9.17, 15) is 0 Å². The molecule has 34 heavy (non-hydrogen) atoms. The topological polar surface area (TPSA) is 17.8 Å². The van der Waals surface area contributed by atoms with Crippen LogP contribution in [0.1, 0.15) is 0 Å². The van der Waals surface area contributed by atoms with Crippen molar-refractivity contribution in [3.63, 3.8) is 0 Å². The number of hydrogen-bond acceptors (Lipinski definition) is 2. The van der Waals surface area contributed by atoms with E-state index >= 15 is 0 Å². The highest BCUT2D eigenvalue weighted by Gasteiger charge is 2.19. The van der Waals surface area contributed by atoms with E-state index in [4.69, 9.17) is 4.98 Å². The fourth-order valence-electron chi connectivity index (χ4n) is 5.60. The Kier molecular flexibility index (Phi) is 3.57. The van der Waals surface area contributed by atoms with Crippen LogP contribution in [-0.2, 0) is 0 Å². The molecule has 3 aromatic heterocycles. The van der Waals surface area contributed by atoms with Gasteiger partial charge in [-0.25, -0.2) is 0 Å². The molecule has 0 aliphatic heterocycles. The maximum absolute atomic E-state index is 4.83. The molecule has 0 aliphatic carbocycles. The van der Waals surface area contributed by atoms with Crippen LogP contribution in [0, 0.1) is 0 Å². The van der Waals surface area contributed by atoms with Crippen molar-refractivity contribution >= 4 is 75.0 Å². The molecular formula is C31H18N2S. The van der Waals surface area contributed by atoms with E-state index in [0.717, 1.165) is 10.9 Å². The van der Waals surface area contributed by atoms with Crippen LogP contribution >= 0.6 is 11.3 Å². The van der Waals surface area contributed by atoms with Gasteiger partial charge in [0.2, 0.25) is 0 Å². The smallest absolute Gasteiger partial charge is 0.0801 e. The summed E-state index contributed by atoms with van der Waals surface area (Å²) < 4.78 is 5.12. The van der Waals surface area contributed by atoms with E-state index in [1.165, 1.54) is 58.4 Å². The maximum Gasteiger partial charge on any atom is 0.0801 e. The van der Waals surface area contributed by atoms with Gasteiger partial charge in [-0.1, -0.05) is 72.8 Å². The standard InChI is InChI=1S/C31H18N2S/c1-3-11-24-21(9-1)22-16-17-27-29(23-10-2-4-13-26(23)34-27)31(22)33(24)25-12-5-7-19-14-15-20-8-6-18-32-30(20)28(19)25/h1-18H. The molecule has 0 radical (unpaired) electrons. The molecule has 2 nitrogen and oxygen atoms in total. The highest BCUT2D eigenvalue weighted by atomic mass is 32.1. The first-order chi connectivity index (χ1) is 16.9. The minimum Gasteiger partial charge on any atom is -0.308 e. The van der Waals surface area contributed by atoms with Crippen molar-refractivity contribution in [3.8, 4) is 5.69 Å². The SMILES string of the molecule is c1cnc2c(c1)ccc1cccc(-n3c4ccccc4c4ccc5sc6ccccc6c5c43)c12. The monoisotopic (exact) mass is 450 g/mol. The average molecular weight is 451 g/mol. The lowest BCUT2D eigenvalue weighted by Gasteiger charge is -2.14. The summed E-state index contributed by atoms with van der Waals surface area (Å²) in [6.07, 6.45) is 1.90. The van der Waals surface area contributed by atoms with E-state index in [1.807, 2.05) is 23.6 Å². The van der Waals surface area contributed by atoms with Crippen LogP contribution < -0.4 is 0 Å². The summed E-state index contributed by atoms with van der Waals surface area (Å²) >= 11 is 1.87. The van der Waals surface area contributed by atoms with Gasteiger partial charge in [-0.2, -0.15) is 0 Å². The van der Waals surface area contributed by atoms with Gasteiger partial charge >= 0.3 is 0 Å². The van der Waals surface area contributed by atoms with Crippen LogP contribution in [0.15, 0.2) is 109 Å². The largest absolute Gasteiger partial charge is 0.308 e. The van der Waals surface area contributed by atoms with Crippen LogP contribution in [0.3, 0.4) is 0 Å². The van der Waals surface area contributed by atoms with Gasteiger partial charge in [0, 0.05) is 47.9 Å². The summed E-state index contributed by atoms with van der Waals surface area (Å²) in [6.45, 7) is 0. The minimum absolute atomic E-state index is 1.05. The number of pyridine rings is 1. The Bertz CT molecular complexity index is 2080. The Balaban J connectivity index is 1.68. The third kappa shape index (κ3) is 2.32. The Morgan fingerprint density at radius 2 is 1.38 bits per heavy atom. The zero-order chi connectivity index (χ0) is 22.2. The van der Waals surface area contributed by atoms with Crippen LogP contribution in [0.4, 0.5) is 0 Å². The molecule has 0 N–H and O–H groups in total. The van der Waals surface area contributed by atoms with Gasteiger partial charge in [0.15, 0.2) is 0 Å². The van der Waals surface area contributed by atoms with Crippen molar-refractivity contribution in [1.82, 2.24) is 9.55 Å². The Morgan fingerprint density at radius 1 is 0.559 bits per heavy atom. The Labute approximate surface area is 199 Å². The van der Waals surface area contributed by atoms with E-state index in [2.05, 4.69) is 102 Å². The lowest BCUT2D eigenvalue weighted by atomic mass is 10.0. The molecule has 0 amide bonds. The molecule has 0 spiro atoms. The highest BCUT2D eigenvalue weighted by molar-refractivity contribution is 7.26. The molecule has 0 fully saturated rings. The third-order valence-electron chi connectivity index (χ3n) is 7.01. The van der Waals surface area contributed by atoms with Crippen LogP contribution in [0.2, 0.25) is 0 Å². The molecule has 8 rings (SSSR count). The quantitative estimate of drug-likeness (QED) is 0.228. The third-order valence-corrected chi connectivity index (χ3v) is 8.14. The van der Waals surface area contributed by atoms with E-state index in [1.54, 1.807) is 0 Å². The predicted molar refractivity (Wildman–Crippen MR) is 146 cm³/mol. The van der Waals surface area contributed by atoms with Crippen LogP contribution in [0.5, 0.6) is 0 Å². The number of para-hydroxylation sites is 1. The van der Waals surface area contributed by atoms with Gasteiger partial charge in [-0.15, -0.1) is 11.3 Å². The zero-order valence-electron chi connectivity index (χ0n) is 18.2. The molecule has 3 heteroatoms. The highest BCUT2D eigenvalue weighted by Crippen LogP contribution is 2.44. The first-order valence-corrected chi connectivity index (χ1v) is 12.3. The second-order valence-electron chi connectivity index (χ2n) is 8.80. The molecule has 0 aliphatic rings. The van der Waals surface area contributed by atoms with Crippen molar-refractivity contribution in [2.24, 2.45) is 0 Å². The lowest BCUT2D eigenvalue weighted by Crippen LogP contribution is -1.97. The number of benzene rings is 5. The molecule has 0 unspecified atom stereocenters. The van der Waals surface area contributed by atoms with E-state index in [0.29, 0.717) is 0 Å². The van der Waals surface area contributed by atoms with Gasteiger partial charge < -0.3 is 4.57 Å². The Hall–Kier alpha value is -4.21. The molecule has 0 saturated carbocycles. The first kappa shape index (κ1) is 18.2. The zero-order valence-corrected chi connectivity index (χ0v) is 19.0. The molecule has 0 bridgehead atoms. The normalized spacial score (nSPS) is 12.1. The number of aromatic nitrogens is 2. The van der Waals surface area contributed by atoms with Crippen LogP contribution in [0.25, 0.3) is 69.3 Å². The second-order valence-corrected chi connectivity index (χ2v) is 9.89. The molecule has 8 aromatic rings. The van der Waals surface area contributed by atoms with E-state index in [-0.39, 0.29) is 0 Å². The molecule has 0 atom stereocenters. The predicted octanol–water partition coefficient (Wildman–Crippen LogP) is 8.85. The second kappa shape index (κ2) is 6.66. The van der Waals surface area contributed by atoms with Gasteiger partial charge in [-0.3, -0.25) is 4.98 Å². The van der Waals surface area contributed by atoms with Gasteiger partial charge in [0.25, 0.3) is 0 Å². The lowest BCUT2D eigenvalue weighted by molar-refractivity contribution is 1.21. The summed E-state index contributed by atoms with van der Waals surface area (Å²) in [4.78, 5) is 4.83. The van der Waals surface area contributed by atoms with Crippen molar-refractivity contribution in [1.29, 1.82) is 0 Å².